The van der Waals surface area contributed by atoms with Gasteiger partial charge in [-0.2, -0.15) is 4.98 Å². The Morgan fingerprint density at radius 3 is 2.50 bits per heavy atom. The largest absolute Gasteiger partial charge is 0.507 e. The van der Waals surface area contributed by atoms with Crippen molar-refractivity contribution in [2.45, 2.75) is 13.8 Å². The van der Waals surface area contributed by atoms with Crippen LogP contribution in [0.5, 0.6) is 5.75 Å². The minimum atomic E-state index is 0.282. The van der Waals surface area contributed by atoms with Crippen LogP contribution in [-0.2, 0) is 0 Å². The zero-order chi connectivity index (χ0) is 14.3. The summed E-state index contributed by atoms with van der Waals surface area (Å²) in [6.45, 7) is 3.65. The van der Waals surface area contributed by atoms with Gasteiger partial charge in [-0.05, 0) is 37.1 Å². The van der Waals surface area contributed by atoms with E-state index in [2.05, 4.69) is 15.1 Å². The van der Waals surface area contributed by atoms with Crippen molar-refractivity contribution in [2.75, 3.05) is 5.73 Å². The van der Waals surface area contributed by atoms with Gasteiger partial charge in [-0.3, -0.25) is 0 Å². The number of nitrogens with two attached hydrogens (primary N) is 1. The van der Waals surface area contributed by atoms with Crippen LogP contribution < -0.4 is 5.73 Å². The highest BCUT2D eigenvalue weighted by Crippen LogP contribution is 2.29. The van der Waals surface area contributed by atoms with Crippen molar-refractivity contribution in [3.05, 3.63) is 28.6 Å². The number of nitrogens with zero attached hydrogens (tertiary/aromatic N) is 3. The van der Waals surface area contributed by atoms with Gasteiger partial charge >= 0.3 is 0 Å². The molecule has 2 aromatic heterocycles. The predicted molar refractivity (Wildman–Crippen MR) is 76.4 cm³/mol. The Labute approximate surface area is 118 Å². The lowest BCUT2D eigenvalue weighted by Gasteiger charge is -2.04. The number of phenolic OH excluding ortho intramolecular Hbond substituents is 1. The molecule has 0 spiro atoms. The van der Waals surface area contributed by atoms with Crippen molar-refractivity contribution in [1.82, 2.24) is 15.1 Å². The minimum Gasteiger partial charge on any atom is -0.507 e. The number of hydrogen-bond donors (Lipinski definition) is 2. The third kappa shape index (κ3) is 2.12. The molecular formula is C13H12N4O2S. The molecule has 6 nitrogen and oxygen atoms in total. The topological polar surface area (TPSA) is 98.1 Å². The molecule has 102 valence electrons. The SMILES string of the molecule is Cc1cc(-c2noc(-c3csc(N)n3)n2)cc(C)c1O. The Bertz CT molecular complexity index is 755. The number of rotatable bonds is 2. The van der Waals surface area contributed by atoms with Crippen molar-refractivity contribution in [1.29, 1.82) is 0 Å². The summed E-state index contributed by atoms with van der Waals surface area (Å²) >= 11 is 1.32. The van der Waals surface area contributed by atoms with Crippen LogP contribution in [0.4, 0.5) is 5.13 Å². The molecule has 0 amide bonds. The molecular weight excluding hydrogens is 276 g/mol. The monoisotopic (exact) mass is 288 g/mol. The summed E-state index contributed by atoms with van der Waals surface area (Å²) in [5, 5.41) is 15.9. The van der Waals surface area contributed by atoms with E-state index in [1.165, 1.54) is 11.3 Å². The fourth-order valence-electron chi connectivity index (χ4n) is 1.92. The number of nitrogen functional groups attached to an aromatic ring is 1. The Morgan fingerprint density at radius 2 is 1.90 bits per heavy atom. The van der Waals surface area contributed by atoms with Gasteiger partial charge in [-0.15, -0.1) is 11.3 Å². The van der Waals surface area contributed by atoms with Crippen LogP contribution in [0.15, 0.2) is 22.0 Å². The highest BCUT2D eigenvalue weighted by molar-refractivity contribution is 7.13. The van der Waals surface area contributed by atoms with Gasteiger partial charge in [-0.25, -0.2) is 4.98 Å². The highest BCUT2D eigenvalue weighted by Gasteiger charge is 2.14. The van der Waals surface area contributed by atoms with Crippen LogP contribution in [0.25, 0.3) is 23.0 Å². The van der Waals surface area contributed by atoms with Gasteiger partial charge < -0.3 is 15.4 Å². The molecule has 0 bridgehead atoms. The Hall–Kier alpha value is -2.41. The number of thiazole rings is 1. The molecule has 7 heteroatoms. The molecule has 0 atom stereocenters. The number of aryl methyl sites for hydroxylation is 2. The molecule has 0 radical (unpaired) electrons. The smallest absolute Gasteiger partial charge is 0.277 e. The fourth-order valence-corrected chi connectivity index (χ4v) is 2.45. The van der Waals surface area contributed by atoms with E-state index in [0.717, 1.165) is 16.7 Å². The third-order valence-corrected chi connectivity index (χ3v) is 3.59. The molecule has 0 saturated carbocycles. The number of phenols is 1. The lowest BCUT2D eigenvalue weighted by atomic mass is 10.1. The molecule has 0 unspecified atom stereocenters. The summed E-state index contributed by atoms with van der Waals surface area (Å²) in [5.74, 6) is 1.07. The van der Waals surface area contributed by atoms with E-state index in [1.54, 1.807) is 5.38 Å². The normalized spacial score (nSPS) is 10.9. The van der Waals surface area contributed by atoms with E-state index in [9.17, 15) is 5.11 Å². The van der Waals surface area contributed by atoms with E-state index >= 15 is 0 Å². The maximum Gasteiger partial charge on any atom is 0.277 e. The zero-order valence-corrected chi connectivity index (χ0v) is 11.7. The molecule has 0 aliphatic rings. The average molecular weight is 288 g/mol. The maximum atomic E-state index is 9.78. The standard InChI is InChI=1S/C13H12N4O2S/c1-6-3-8(4-7(2)10(6)18)11-16-12(19-17-11)9-5-20-13(14)15-9/h3-5,18H,1-2H3,(H2,14,15). The fraction of sp³-hybridized carbons (Fsp3) is 0.154. The van der Waals surface area contributed by atoms with Gasteiger partial charge in [0.15, 0.2) is 5.13 Å². The predicted octanol–water partition coefficient (Wildman–Crippen LogP) is 2.76. The van der Waals surface area contributed by atoms with Gasteiger partial charge in [0.2, 0.25) is 5.82 Å². The van der Waals surface area contributed by atoms with Crippen LogP contribution in [0.1, 0.15) is 11.1 Å². The van der Waals surface area contributed by atoms with Gasteiger partial charge in [0, 0.05) is 10.9 Å². The second kappa shape index (κ2) is 4.61. The maximum absolute atomic E-state index is 9.78. The van der Waals surface area contributed by atoms with Crippen LogP contribution >= 0.6 is 11.3 Å². The first-order chi connectivity index (χ1) is 9.54. The van der Waals surface area contributed by atoms with Gasteiger partial charge in [0.05, 0.1) is 0 Å². The summed E-state index contributed by atoms with van der Waals surface area (Å²) < 4.78 is 5.19. The number of aromatic hydroxyl groups is 1. The Morgan fingerprint density at radius 1 is 1.20 bits per heavy atom. The molecule has 0 fully saturated rings. The van der Waals surface area contributed by atoms with Crippen molar-refractivity contribution in [2.24, 2.45) is 0 Å². The van der Waals surface area contributed by atoms with E-state index in [1.807, 2.05) is 26.0 Å². The Balaban J connectivity index is 2.02. The van der Waals surface area contributed by atoms with Crippen LogP contribution in [0, 0.1) is 13.8 Å². The Kier molecular flexibility index (Phi) is 2.90. The van der Waals surface area contributed by atoms with E-state index < -0.39 is 0 Å². The minimum absolute atomic E-state index is 0.282. The summed E-state index contributed by atoms with van der Waals surface area (Å²) in [7, 11) is 0. The number of benzene rings is 1. The van der Waals surface area contributed by atoms with E-state index in [0.29, 0.717) is 22.5 Å². The molecule has 3 aromatic rings. The van der Waals surface area contributed by atoms with Gasteiger partial charge in [-0.1, -0.05) is 5.16 Å². The summed E-state index contributed by atoms with van der Waals surface area (Å²) in [6, 6.07) is 3.62. The molecule has 3 rings (SSSR count). The van der Waals surface area contributed by atoms with Crippen molar-refractivity contribution in [3.8, 4) is 28.7 Å². The van der Waals surface area contributed by atoms with E-state index in [-0.39, 0.29) is 5.75 Å². The molecule has 0 saturated heterocycles. The van der Waals surface area contributed by atoms with Crippen LogP contribution in [-0.4, -0.2) is 20.2 Å². The van der Waals surface area contributed by atoms with Gasteiger partial charge in [0.1, 0.15) is 11.4 Å². The zero-order valence-electron chi connectivity index (χ0n) is 10.9. The molecule has 2 heterocycles. The van der Waals surface area contributed by atoms with Crippen molar-refractivity contribution < 1.29 is 9.63 Å². The lowest BCUT2D eigenvalue weighted by molar-refractivity contribution is 0.431. The van der Waals surface area contributed by atoms with E-state index in [4.69, 9.17) is 10.3 Å². The lowest BCUT2D eigenvalue weighted by Crippen LogP contribution is -1.87. The summed E-state index contributed by atoms with van der Waals surface area (Å²) in [6.07, 6.45) is 0. The molecule has 3 N–H and O–H groups in total. The number of aromatic nitrogens is 3. The highest BCUT2D eigenvalue weighted by atomic mass is 32.1. The quantitative estimate of drug-likeness (QED) is 0.752. The second-order valence-electron chi connectivity index (χ2n) is 4.45. The summed E-state index contributed by atoms with van der Waals surface area (Å²) in [5.41, 5.74) is 8.47. The third-order valence-electron chi connectivity index (χ3n) is 2.92. The van der Waals surface area contributed by atoms with Gasteiger partial charge in [0.25, 0.3) is 5.89 Å². The number of hydrogen-bond acceptors (Lipinski definition) is 7. The molecule has 20 heavy (non-hydrogen) atoms. The first-order valence-electron chi connectivity index (χ1n) is 5.90. The van der Waals surface area contributed by atoms with Crippen molar-refractivity contribution in [3.63, 3.8) is 0 Å². The first-order valence-corrected chi connectivity index (χ1v) is 6.78. The average Bonchev–Trinajstić information content (AvgIpc) is 3.03. The molecule has 0 aliphatic carbocycles. The van der Waals surface area contributed by atoms with Crippen LogP contribution in [0.2, 0.25) is 0 Å². The molecule has 1 aromatic carbocycles. The molecule has 0 aliphatic heterocycles. The van der Waals surface area contributed by atoms with Crippen LogP contribution in [0.3, 0.4) is 0 Å². The second-order valence-corrected chi connectivity index (χ2v) is 5.34. The van der Waals surface area contributed by atoms with Crippen molar-refractivity contribution >= 4 is 16.5 Å². The summed E-state index contributed by atoms with van der Waals surface area (Å²) in [4.78, 5) is 8.40. The first kappa shape index (κ1) is 12.6. The number of anilines is 1.